The van der Waals surface area contributed by atoms with Crippen molar-refractivity contribution >= 4 is 29.9 Å². The Morgan fingerprint density at radius 1 is 1.42 bits per heavy atom. The van der Waals surface area contributed by atoms with Gasteiger partial charge in [0.1, 0.15) is 0 Å². The van der Waals surface area contributed by atoms with E-state index in [0.717, 1.165) is 13.0 Å². The van der Waals surface area contributed by atoms with E-state index in [1.807, 2.05) is 0 Å². The first-order valence-corrected chi connectivity index (χ1v) is 6.75. The molecule has 3 atom stereocenters. The molecule has 1 saturated heterocycles. The molecular formula is C14H20Cl2N2O. The summed E-state index contributed by atoms with van der Waals surface area (Å²) in [5.74, 6) is 0.439. The van der Waals surface area contributed by atoms with Crippen molar-refractivity contribution in [1.82, 2.24) is 10.6 Å². The Balaban J connectivity index is 0.00000180. The minimum Gasteiger partial charge on any atom is -0.347 e. The number of amides is 1. The number of rotatable bonds is 2. The van der Waals surface area contributed by atoms with E-state index in [-0.39, 0.29) is 24.4 Å². The number of hydrogen-bond donors (Lipinski definition) is 2. The molecule has 1 aromatic rings. The number of benzene rings is 1. The van der Waals surface area contributed by atoms with Crippen LogP contribution in [0.1, 0.15) is 30.6 Å². The van der Waals surface area contributed by atoms with Crippen LogP contribution in [0.2, 0.25) is 5.02 Å². The number of nitrogens with one attached hydrogen (secondary N) is 2. The lowest BCUT2D eigenvalue weighted by Gasteiger charge is -2.36. The quantitative estimate of drug-likeness (QED) is 0.882. The van der Waals surface area contributed by atoms with Crippen molar-refractivity contribution < 1.29 is 4.79 Å². The van der Waals surface area contributed by atoms with Crippen LogP contribution in [0, 0.1) is 5.92 Å². The fraction of sp³-hybridized carbons (Fsp3) is 0.500. The Morgan fingerprint density at radius 2 is 2.16 bits per heavy atom. The summed E-state index contributed by atoms with van der Waals surface area (Å²) in [5.41, 5.74) is 0.618. The summed E-state index contributed by atoms with van der Waals surface area (Å²) in [7, 11) is 0. The van der Waals surface area contributed by atoms with Crippen LogP contribution in [0.3, 0.4) is 0 Å². The molecule has 19 heavy (non-hydrogen) atoms. The van der Waals surface area contributed by atoms with Crippen molar-refractivity contribution in [2.45, 2.75) is 32.4 Å². The van der Waals surface area contributed by atoms with Crippen LogP contribution in [0.25, 0.3) is 0 Å². The van der Waals surface area contributed by atoms with E-state index in [4.69, 9.17) is 11.6 Å². The van der Waals surface area contributed by atoms with Gasteiger partial charge in [0.2, 0.25) is 0 Å². The molecule has 0 aromatic heterocycles. The molecule has 1 aromatic carbocycles. The van der Waals surface area contributed by atoms with Gasteiger partial charge in [0.05, 0.1) is 0 Å². The highest BCUT2D eigenvalue weighted by Crippen LogP contribution is 2.17. The first-order chi connectivity index (χ1) is 8.58. The second-order valence-electron chi connectivity index (χ2n) is 5.02. The summed E-state index contributed by atoms with van der Waals surface area (Å²) in [6.07, 6.45) is 1.09. The van der Waals surface area contributed by atoms with Gasteiger partial charge in [-0.15, -0.1) is 12.4 Å². The van der Waals surface area contributed by atoms with Crippen molar-refractivity contribution in [2.24, 2.45) is 5.92 Å². The maximum Gasteiger partial charge on any atom is 0.251 e. The van der Waals surface area contributed by atoms with Gasteiger partial charge in [-0.1, -0.05) is 24.6 Å². The Bertz CT molecular complexity index is 429. The molecule has 2 rings (SSSR count). The van der Waals surface area contributed by atoms with Crippen LogP contribution in [0.5, 0.6) is 0 Å². The number of carbonyl (C=O) groups is 1. The van der Waals surface area contributed by atoms with Gasteiger partial charge in [-0.2, -0.15) is 0 Å². The molecule has 3 unspecified atom stereocenters. The Labute approximate surface area is 125 Å². The topological polar surface area (TPSA) is 41.1 Å². The number of carbonyl (C=O) groups excluding carboxylic acids is 1. The molecule has 1 amide bonds. The highest BCUT2D eigenvalue weighted by atomic mass is 35.5. The Kier molecular flexibility index (Phi) is 6.11. The molecule has 1 aliphatic rings. The average molecular weight is 303 g/mol. The summed E-state index contributed by atoms with van der Waals surface area (Å²) >= 11 is 5.90. The second kappa shape index (κ2) is 7.13. The lowest BCUT2D eigenvalue weighted by atomic mass is 9.89. The zero-order chi connectivity index (χ0) is 13.1. The zero-order valence-electron chi connectivity index (χ0n) is 11.2. The van der Waals surface area contributed by atoms with E-state index in [1.54, 1.807) is 24.3 Å². The molecule has 106 valence electrons. The van der Waals surface area contributed by atoms with Crippen molar-refractivity contribution in [3.8, 4) is 0 Å². The van der Waals surface area contributed by atoms with Crippen LogP contribution < -0.4 is 10.6 Å². The molecule has 0 bridgehead atoms. The van der Waals surface area contributed by atoms with Gasteiger partial charge >= 0.3 is 0 Å². The molecule has 3 nitrogen and oxygen atoms in total. The molecule has 0 radical (unpaired) electrons. The summed E-state index contributed by atoms with van der Waals surface area (Å²) < 4.78 is 0. The van der Waals surface area contributed by atoms with Gasteiger partial charge in [-0.3, -0.25) is 4.79 Å². The molecule has 1 heterocycles. The third kappa shape index (κ3) is 4.10. The summed E-state index contributed by atoms with van der Waals surface area (Å²) in [6, 6.07) is 7.52. The SMILES string of the molecule is CC1CCNC(C)C1NC(=O)c1cccc(Cl)c1.Cl. The standard InChI is InChI=1S/C14H19ClN2O.ClH/c1-9-6-7-16-10(2)13(9)17-14(18)11-4-3-5-12(15)8-11;/h3-5,8-10,13,16H,6-7H2,1-2H3,(H,17,18);1H. The Hall–Kier alpha value is -0.770. The van der Waals surface area contributed by atoms with Crippen LogP contribution in [0.4, 0.5) is 0 Å². The highest BCUT2D eigenvalue weighted by molar-refractivity contribution is 6.30. The number of piperidine rings is 1. The molecule has 2 N–H and O–H groups in total. The van der Waals surface area contributed by atoms with E-state index >= 15 is 0 Å². The minimum absolute atomic E-state index is 0. The molecular weight excluding hydrogens is 283 g/mol. The van der Waals surface area contributed by atoms with E-state index in [9.17, 15) is 4.79 Å². The third-order valence-corrected chi connectivity index (χ3v) is 3.84. The zero-order valence-corrected chi connectivity index (χ0v) is 12.7. The predicted octanol–water partition coefficient (Wildman–Crippen LogP) is 2.88. The lowest BCUT2D eigenvalue weighted by molar-refractivity contribution is 0.0897. The summed E-state index contributed by atoms with van der Waals surface area (Å²) in [5, 5.41) is 7.08. The first-order valence-electron chi connectivity index (χ1n) is 6.37. The largest absolute Gasteiger partial charge is 0.347 e. The van der Waals surface area contributed by atoms with Crippen molar-refractivity contribution in [2.75, 3.05) is 6.54 Å². The van der Waals surface area contributed by atoms with Crippen molar-refractivity contribution in [1.29, 1.82) is 0 Å². The fourth-order valence-corrected chi connectivity index (χ4v) is 2.66. The van der Waals surface area contributed by atoms with Crippen molar-refractivity contribution in [3.63, 3.8) is 0 Å². The summed E-state index contributed by atoms with van der Waals surface area (Å²) in [6.45, 7) is 5.31. The smallest absolute Gasteiger partial charge is 0.251 e. The van der Waals surface area contributed by atoms with E-state index in [1.165, 1.54) is 0 Å². The van der Waals surface area contributed by atoms with E-state index in [0.29, 0.717) is 22.5 Å². The highest BCUT2D eigenvalue weighted by Gasteiger charge is 2.28. The third-order valence-electron chi connectivity index (χ3n) is 3.60. The van der Waals surface area contributed by atoms with Gasteiger partial charge in [0, 0.05) is 22.7 Å². The van der Waals surface area contributed by atoms with E-state index < -0.39 is 0 Å². The van der Waals surface area contributed by atoms with Crippen LogP contribution in [-0.2, 0) is 0 Å². The summed E-state index contributed by atoms with van der Waals surface area (Å²) in [4.78, 5) is 12.2. The second-order valence-corrected chi connectivity index (χ2v) is 5.45. The maximum atomic E-state index is 12.2. The fourth-order valence-electron chi connectivity index (χ4n) is 2.47. The molecule has 0 spiro atoms. The molecule has 1 aliphatic heterocycles. The van der Waals surface area contributed by atoms with Gasteiger partial charge in [0.15, 0.2) is 0 Å². The minimum atomic E-state index is -0.0510. The first kappa shape index (κ1) is 16.3. The van der Waals surface area contributed by atoms with Gasteiger partial charge in [-0.05, 0) is 44.0 Å². The van der Waals surface area contributed by atoms with Gasteiger partial charge < -0.3 is 10.6 Å². The van der Waals surface area contributed by atoms with Crippen LogP contribution in [0.15, 0.2) is 24.3 Å². The molecule has 0 aliphatic carbocycles. The maximum absolute atomic E-state index is 12.2. The Morgan fingerprint density at radius 3 is 2.79 bits per heavy atom. The molecule has 0 saturated carbocycles. The van der Waals surface area contributed by atoms with Crippen molar-refractivity contribution in [3.05, 3.63) is 34.9 Å². The number of halogens is 2. The normalized spacial score (nSPS) is 26.4. The van der Waals surface area contributed by atoms with Crippen LogP contribution >= 0.6 is 24.0 Å². The lowest BCUT2D eigenvalue weighted by Crippen LogP contribution is -2.55. The van der Waals surface area contributed by atoms with Gasteiger partial charge in [-0.25, -0.2) is 0 Å². The predicted molar refractivity (Wildman–Crippen MR) is 81.2 cm³/mol. The average Bonchev–Trinajstić information content (AvgIpc) is 2.34. The van der Waals surface area contributed by atoms with Crippen LogP contribution in [-0.4, -0.2) is 24.5 Å². The molecule has 5 heteroatoms. The molecule has 1 fully saturated rings. The van der Waals surface area contributed by atoms with Gasteiger partial charge in [0.25, 0.3) is 5.91 Å². The van der Waals surface area contributed by atoms with E-state index in [2.05, 4.69) is 24.5 Å². The monoisotopic (exact) mass is 302 g/mol. The number of hydrogen-bond acceptors (Lipinski definition) is 2.